The minimum absolute atomic E-state index is 0.0429. The zero-order valence-corrected chi connectivity index (χ0v) is 8.68. The fourth-order valence-corrected chi connectivity index (χ4v) is 1.32. The smallest absolute Gasteiger partial charge is 0.200 e. The lowest BCUT2D eigenvalue weighted by Crippen LogP contribution is -1.95. The molecule has 0 radical (unpaired) electrons. The fraction of sp³-hybridized carbons (Fsp3) is 0.333. The lowest BCUT2D eigenvalue weighted by Gasteiger charge is -2.08. The van der Waals surface area contributed by atoms with Crippen molar-refractivity contribution in [3.05, 3.63) is 47.9 Å². The Bertz CT molecular complexity index is 344. The van der Waals surface area contributed by atoms with Crippen molar-refractivity contribution >= 4 is 0 Å². The van der Waals surface area contributed by atoms with Crippen LogP contribution in [0.25, 0.3) is 0 Å². The van der Waals surface area contributed by atoms with Crippen molar-refractivity contribution in [3.8, 4) is 0 Å². The molecule has 1 rings (SSSR count). The van der Waals surface area contributed by atoms with Crippen LogP contribution in [0.1, 0.15) is 13.8 Å². The van der Waals surface area contributed by atoms with Gasteiger partial charge in [0, 0.05) is 5.57 Å². The second-order valence-corrected chi connectivity index (χ2v) is 3.66. The molecule has 0 aromatic heterocycles. The third-order valence-corrected chi connectivity index (χ3v) is 2.16. The standard InChI is InChI=1S/C12H13F3/c1-8-3-4-9(2)7-10(6-5-8)11(13)12(14)15/h3-9H,1-2H3/b4-3-,6-5-,10-7+. The van der Waals surface area contributed by atoms with Gasteiger partial charge in [0.15, 0.2) is 5.83 Å². The molecule has 0 N–H and O–H groups in total. The topological polar surface area (TPSA) is 0 Å². The molecule has 0 saturated carbocycles. The van der Waals surface area contributed by atoms with Crippen LogP contribution in [0.3, 0.4) is 0 Å². The van der Waals surface area contributed by atoms with Crippen LogP contribution in [-0.2, 0) is 0 Å². The number of allylic oxidation sites excluding steroid dienone is 7. The van der Waals surface area contributed by atoms with Gasteiger partial charge in [0.25, 0.3) is 0 Å². The van der Waals surface area contributed by atoms with Crippen molar-refractivity contribution in [2.45, 2.75) is 13.8 Å². The number of hydrogen-bond acceptors (Lipinski definition) is 0. The molecule has 0 aliphatic heterocycles. The Balaban J connectivity index is 3.07. The summed E-state index contributed by atoms with van der Waals surface area (Å²) in [4.78, 5) is 0. The number of halogens is 3. The van der Waals surface area contributed by atoms with Crippen LogP contribution in [0.2, 0.25) is 0 Å². The van der Waals surface area contributed by atoms with E-state index in [0.717, 1.165) is 0 Å². The van der Waals surface area contributed by atoms with E-state index in [-0.39, 0.29) is 17.4 Å². The Morgan fingerprint density at radius 3 is 2.20 bits per heavy atom. The summed E-state index contributed by atoms with van der Waals surface area (Å²) < 4.78 is 37.2. The molecule has 0 spiro atoms. The van der Waals surface area contributed by atoms with Gasteiger partial charge in [-0.2, -0.15) is 8.78 Å². The normalized spacial score (nSPS) is 33.3. The molecule has 0 nitrogen and oxygen atoms in total. The molecule has 0 aromatic rings. The monoisotopic (exact) mass is 214 g/mol. The quantitative estimate of drug-likeness (QED) is 0.568. The largest absolute Gasteiger partial charge is 0.306 e. The Hall–Kier alpha value is -1.25. The van der Waals surface area contributed by atoms with Gasteiger partial charge in [-0.3, -0.25) is 0 Å². The van der Waals surface area contributed by atoms with E-state index in [2.05, 4.69) is 0 Å². The van der Waals surface area contributed by atoms with Crippen LogP contribution in [-0.4, -0.2) is 0 Å². The molecule has 0 aromatic carbocycles. The Kier molecular flexibility index (Phi) is 3.95. The highest BCUT2D eigenvalue weighted by Crippen LogP contribution is 2.24. The van der Waals surface area contributed by atoms with Gasteiger partial charge in [-0.05, 0) is 11.8 Å². The van der Waals surface area contributed by atoms with E-state index in [1.54, 1.807) is 6.08 Å². The maximum Gasteiger partial charge on any atom is 0.306 e. The van der Waals surface area contributed by atoms with Crippen molar-refractivity contribution in [1.29, 1.82) is 0 Å². The first-order valence-corrected chi connectivity index (χ1v) is 4.80. The zero-order valence-electron chi connectivity index (χ0n) is 8.68. The van der Waals surface area contributed by atoms with Crippen molar-refractivity contribution in [2.75, 3.05) is 0 Å². The summed E-state index contributed by atoms with van der Waals surface area (Å²) in [6, 6.07) is 0. The van der Waals surface area contributed by atoms with Gasteiger partial charge in [0.2, 0.25) is 0 Å². The van der Waals surface area contributed by atoms with Crippen LogP contribution in [0.5, 0.6) is 0 Å². The lowest BCUT2D eigenvalue weighted by atomic mass is 9.99. The van der Waals surface area contributed by atoms with Gasteiger partial charge in [-0.15, -0.1) is 0 Å². The summed E-state index contributed by atoms with van der Waals surface area (Å²) in [7, 11) is 0. The summed E-state index contributed by atoms with van der Waals surface area (Å²) in [5, 5.41) is 0. The van der Waals surface area contributed by atoms with Crippen LogP contribution >= 0.6 is 0 Å². The summed E-state index contributed by atoms with van der Waals surface area (Å²) in [5.74, 6) is -1.34. The van der Waals surface area contributed by atoms with E-state index >= 15 is 0 Å². The predicted octanol–water partition coefficient (Wildman–Crippen LogP) is 4.39. The Morgan fingerprint density at radius 2 is 1.60 bits per heavy atom. The molecule has 3 heteroatoms. The summed E-state index contributed by atoms with van der Waals surface area (Å²) in [6.07, 6.45) is 6.14. The Morgan fingerprint density at radius 1 is 1.00 bits per heavy atom. The lowest BCUT2D eigenvalue weighted by molar-refractivity contribution is 0.384. The highest BCUT2D eigenvalue weighted by molar-refractivity contribution is 5.38. The average molecular weight is 214 g/mol. The van der Waals surface area contributed by atoms with E-state index in [1.165, 1.54) is 12.2 Å². The maximum atomic E-state index is 13.0. The Labute approximate surface area is 87.5 Å². The summed E-state index contributed by atoms with van der Waals surface area (Å²) in [5.41, 5.74) is -0.0429. The SMILES string of the molecule is CC1/C=C\C(C(F)=C(F)F)=C/C(C)/C=C\1. The molecular weight excluding hydrogens is 201 g/mol. The second-order valence-electron chi connectivity index (χ2n) is 3.66. The summed E-state index contributed by atoms with van der Waals surface area (Å²) in [6.45, 7) is 3.74. The summed E-state index contributed by atoms with van der Waals surface area (Å²) >= 11 is 0. The van der Waals surface area contributed by atoms with Crippen molar-refractivity contribution in [1.82, 2.24) is 0 Å². The molecule has 82 valence electrons. The number of hydrogen-bond donors (Lipinski definition) is 0. The molecule has 0 fully saturated rings. The van der Waals surface area contributed by atoms with E-state index in [1.807, 2.05) is 26.0 Å². The predicted molar refractivity (Wildman–Crippen MR) is 55.0 cm³/mol. The second kappa shape index (κ2) is 5.01. The average Bonchev–Trinajstić information content (AvgIpc) is 2.17. The van der Waals surface area contributed by atoms with E-state index < -0.39 is 11.9 Å². The van der Waals surface area contributed by atoms with Crippen LogP contribution in [0.4, 0.5) is 13.2 Å². The zero-order chi connectivity index (χ0) is 11.4. The maximum absolute atomic E-state index is 13.0. The van der Waals surface area contributed by atoms with Gasteiger partial charge >= 0.3 is 6.08 Å². The molecule has 2 atom stereocenters. The first-order valence-electron chi connectivity index (χ1n) is 4.80. The van der Waals surface area contributed by atoms with Crippen molar-refractivity contribution < 1.29 is 13.2 Å². The minimum atomic E-state index is -2.27. The van der Waals surface area contributed by atoms with Crippen LogP contribution in [0, 0.1) is 11.8 Å². The third-order valence-electron chi connectivity index (χ3n) is 2.16. The fourth-order valence-electron chi connectivity index (χ4n) is 1.32. The highest BCUT2D eigenvalue weighted by atomic mass is 19.3. The molecule has 0 bridgehead atoms. The van der Waals surface area contributed by atoms with Crippen LogP contribution in [0.15, 0.2) is 47.9 Å². The molecule has 1 aliphatic rings. The first-order chi connectivity index (χ1) is 7.00. The number of rotatable bonds is 1. The molecule has 0 amide bonds. The van der Waals surface area contributed by atoms with E-state index in [0.29, 0.717) is 0 Å². The molecular formula is C12H13F3. The molecule has 2 unspecified atom stereocenters. The van der Waals surface area contributed by atoms with Gasteiger partial charge in [-0.25, -0.2) is 4.39 Å². The van der Waals surface area contributed by atoms with E-state index in [4.69, 9.17) is 0 Å². The minimum Gasteiger partial charge on any atom is -0.200 e. The van der Waals surface area contributed by atoms with Crippen LogP contribution < -0.4 is 0 Å². The van der Waals surface area contributed by atoms with E-state index in [9.17, 15) is 13.2 Å². The van der Waals surface area contributed by atoms with Gasteiger partial charge in [0.1, 0.15) is 0 Å². The van der Waals surface area contributed by atoms with Crippen molar-refractivity contribution in [2.24, 2.45) is 11.8 Å². The third kappa shape index (κ3) is 3.42. The first kappa shape index (κ1) is 11.8. The molecule has 0 heterocycles. The molecule has 1 aliphatic carbocycles. The molecule has 15 heavy (non-hydrogen) atoms. The van der Waals surface area contributed by atoms with Crippen molar-refractivity contribution in [3.63, 3.8) is 0 Å². The van der Waals surface area contributed by atoms with Gasteiger partial charge in [-0.1, -0.05) is 44.2 Å². The van der Waals surface area contributed by atoms with Gasteiger partial charge < -0.3 is 0 Å². The van der Waals surface area contributed by atoms with Gasteiger partial charge in [0.05, 0.1) is 0 Å². The highest BCUT2D eigenvalue weighted by Gasteiger charge is 2.11. The molecule has 0 saturated heterocycles.